The molecule has 1 aromatic rings. The molecule has 0 spiro atoms. The number of hydrogen-bond donors (Lipinski definition) is 1. The van der Waals surface area contributed by atoms with Crippen molar-refractivity contribution in [1.29, 1.82) is 0 Å². The van der Waals surface area contributed by atoms with E-state index >= 15 is 0 Å². The third kappa shape index (κ3) is 3.82. The first kappa shape index (κ1) is 14.6. The molecular weight excluding hydrogens is 258 g/mol. The van der Waals surface area contributed by atoms with Crippen molar-refractivity contribution in [3.05, 3.63) is 18.7 Å². The highest BCUT2D eigenvalue weighted by Crippen LogP contribution is 2.29. The number of aryl methyl sites for hydroxylation is 1. The average Bonchev–Trinajstić information content (AvgIpc) is 2.96. The van der Waals surface area contributed by atoms with Crippen LogP contribution in [0.25, 0.3) is 0 Å². The molecule has 1 fully saturated rings. The monoisotopic (exact) mass is 278 g/mol. The van der Waals surface area contributed by atoms with E-state index < -0.39 is 17.8 Å². The summed E-state index contributed by atoms with van der Waals surface area (Å²) in [7, 11) is 0. The molecule has 0 aromatic carbocycles. The quantitative estimate of drug-likeness (QED) is 0.739. The second kappa shape index (κ2) is 7.07. The summed E-state index contributed by atoms with van der Waals surface area (Å²) in [5, 5.41) is 13.9. The highest BCUT2D eigenvalue weighted by atomic mass is 16.4. The van der Waals surface area contributed by atoms with E-state index in [1.807, 2.05) is 10.8 Å². The first-order chi connectivity index (χ1) is 9.68. The van der Waals surface area contributed by atoms with Crippen LogP contribution in [0.5, 0.6) is 0 Å². The summed E-state index contributed by atoms with van der Waals surface area (Å²) in [6.07, 6.45) is 9.08. The van der Waals surface area contributed by atoms with Gasteiger partial charge in [0.1, 0.15) is 0 Å². The van der Waals surface area contributed by atoms with Crippen LogP contribution in [0.4, 0.5) is 0 Å². The topological polar surface area (TPSA) is 87.0 Å². The van der Waals surface area contributed by atoms with Gasteiger partial charge >= 0.3 is 0 Å². The molecule has 1 aromatic heterocycles. The highest BCUT2D eigenvalue weighted by Gasteiger charge is 2.31. The van der Waals surface area contributed by atoms with E-state index in [0.717, 1.165) is 25.8 Å². The maximum Gasteiger partial charge on any atom is 0.223 e. The summed E-state index contributed by atoms with van der Waals surface area (Å²) in [6, 6.07) is 0. The van der Waals surface area contributed by atoms with Gasteiger partial charge < -0.3 is 19.8 Å². The van der Waals surface area contributed by atoms with Crippen LogP contribution in [-0.4, -0.2) is 28.0 Å². The number of aromatic nitrogens is 2. The summed E-state index contributed by atoms with van der Waals surface area (Å²) in [6.45, 7) is 1.34. The molecule has 1 heterocycles. The lowest BCUT2D eigenvalue weighted by Gasteiger charge is -2.31. The molecule has 1 aliphatic carbocycles. The molecule has 0 bridgehead atoms. The number of carboxylic acids is 1. The first-order valence-corrected chi connectivity index (χ1v) is 7.13. The smallest absolute Gasteiger partial charge is 0.223 e. The van der Waals surface area contributed by atoms with E-state index in [1.54, 1.807) is 12.5 Å². The van der Waals surface area contributed by atoms with Crippen molar-refractivity contribution in [3.8, 4) is 0 Å². The molecule has 1 aliphatic rings. The van der Waals surface area contributed by atoms with Gasteiger partial charge in [-0.25, -0.2) is 4.98 Å². The van der Waals surface area contributed by atoms with Crippen LogP contribution in [0.3, 0.4) is 0 Å². The van der Waals surface area contributed by atoms with Crippen LogP contribution >= 0.6 is 0 Å². The number of carbonyl (C=O) groups is 2. The van der Waals surface area contributed by atoms with Crippen LogP contribution in [0.15, 0.2) is 18.7 Å². The van der Waals surface area contributed by atoms with Crippen molar-refractivity contribution in [1.82, 2.24) is 14.9 Å². The van der Waals surface area contributed by atoms with E-state index in [-0.39, 0.29) is 5.91 Å². The molecule has 0 radical (unpaired) electrons. The van der Waals surface area contributed by atoms with Gasteiger partial charge in [0.25, 0.3) is 0 Å². The molecule has 6 nitrogen and oxygen atoms in total. The third-order valence-corrected chi connectivity index (χ3v) is 3.86. The Morgan fingerprint density at radius 2 is 2.05 bits per heavy atom. The van der Waals surface area contributed by atoms with Gasteiger partial charge in [-0.05, 0) is 19.3 Å². The number of nitrogens with zero attached hydrogens (tertiary/aromatic N) is 2. The SMILES string of the molecule is O=C([O-])C1CCCCC1C(=O)NCCCn1ccnc1. The minimum absolute atomic E-state index is 0.149. The van der Waals surface area contributed by atoms with Gasteiger partial charge in [-0.3, -0.25) is 4.79 Å². The molecule has 1 N–H and O–H groups in total. The number of hydrogen-bond acceptors (Lipinski definition) is 4. The van der Waals surface area contributed by atoms with Crippen LogP contribution in [0.2, 0.25) is 0 Å². The molecule has 110 valence electrons. The van der Waals surface area contributed by atoms with Crippen LogP contribution < -0.4 is 10.4 Å². The molecule has 1 saturated carbocycles. The van der Waals surface area contributed by atoms with Crippen molar-refractivity contribution >= 4 is 11.9 Å². The molecule has 2 rings (SSSR count). The number of rotatable bonds is 6. The van der Waals surface area contributed by atoms with Crippen molar-refractivity contribution in [2.24, 2.45) is 11.8 Å². The van der Waals surface area contributed by atoms with Gasteiger partial charge in [-0.1, -0.05) is 12.8 Å². The summed E-state index contributed by atoms with van der Waals surface area (Å²) in [5.41, 5.74) is 0. The molecule has 6 heteroatoms. The Hall–Kier alpha value is -1.85. The Kier molecular flexibility index (Phi) is 5.15. The fourth-order valence-corrected chi connectivity index (χ4v) is 2.75. The number of imidazole rings is 1. The molecule has 20 heavy (non-hydrogen) atoms. The Labute approximate surface area is 118 Å². The number of carboxylic acid groups (broad SMARTS) is 1. The zero-order chi connectivity index (χ0) is 14.4. The van der Waals surface area contributed by atoms with Gasteiger partial charge in [0.2, 0.25) is 5.91 Å². The number of aliphatic carboxylic acids is 1. The van der Waals surface area contributed by atoms with E-state index in [0.29, 0.717) is 19.4 Å². The zero-order valence-electron chi connectivity index (χ0n) is 11.5. The molecule has 0 saturated heterocycles. The summed E-state index contributed by atoms with van der Waals surface area (Å²) in [5.74, 6) is -2.30. The van der Waals surface area contributed by atoms with Gasteiger partial charge in [-0.15, -0.1) is 0 Å². The molecular formula is C14H20N3O3-. The lowest BCUT2D eigenvalue weighted by atomic mass is 9.79. The normalized spacial score (nSPS) is 22.4. The Morgan fingerprint density at radius 1 is 1.30 bits per heavy atom. The van der Waals surface area contributed by atoms with Crippen LogP contribution in [0.1, 0.15) is 32.1 Å². The maximum absolute atomic E-state index is 12.1. The number of amides is 1. The van der Waals surface area contributed by atoms with Gasteiger partial charge in [0, 0.05) is 43.3 Å². The Balaban J connectivity index is 1.74. The number of carbonyl (C=O) groups excluding carboxylic acids is 2. The molecule has 2 unspecified atom stereocenters. The first-order valence-electron chi connectivity index (χ1n) is 7.13. The largest absolute Gasteiger partial charge is 0.550 e. The van der Waals surface area contributed by atoms with Crippen molar-refractivity contribution in [3.63, 3.8) is 0 Å². The van der Waals surface area contributed by atoms with Crippen molar-refractivity contribution in [2.45, 2.75) is 38.6 Å². The highest BCUT2D eigenvalue weighted by molar-refractivity contribution is 5.84. The minimum atomic E-state index is -1.09. The third-order valence-electron chi connectivity index (χ3n) is 3.86. The number of nitrogens with one attached hydrogen (secondary N) is 1. The van der Waals surface area contributed by atoms with E-state index in [1.165, 1.54) is 0 Å². The Bertz CT molecular complexity index is 445. The van der Waals surface area contributed by atoms with Gasteiger partial charge in [0.05, 0.1) is 6.33 Å². The second-order valence-electron chi connectivity index (χ2n) is 5.26. The average molecular weight is 278 g/mol. The van der Waals surface area contributed by atoms with E-state index in [2.05, 4.69) is 10.3 Å². The van der Waals surface area contributed by atoms with Crippen molar-refractivity contribution < 1.29 is 14.7 Å². The predicted octanol–water partition coefficient (Wildman–Crippen LogP) is -0.0543. The van der Waals surface area contributed by atoms with Gasteiger partial charge in [-0.2, -0.15) is 0 Å². The minimum Gasteiger partial charge on any atom is -0.550 e. The molecule has 1 amide bonds. The lowest BCUT2D eigenvalue weighted by Crippen LogP contribution is -2.44. The second-order valence-corrected chi connectivity index (χ2v) is 5.26. The maximum atomic E-state index is 12.1. The summed E-state index contributed by atoms with van der Waals surface area (Å²) >= 11 is 0. The Morgan fingerprint density at radius 3 is 2.70 bits per heavy atom. The standard InChI is InChI=1S/C14H21N3O3/c18-13(11-4-1-2-5-12(11)14(19)20)16-6-3-8-17-9-7-15-10-17/h7,9-12H,1-6,8H2,(H,16,18)(H,19,20)/p-1. The zero-order valence-corrected chi connectivity index (χ0v) is 11.5. The van der Waals surface area contributed by atoms with Crippen LogP contribution in [0, 0.1) is 11.8 Å². The van der Waals surface area contributed by atoms with Crippen LogP contribution in [-0.2, 0) is 16.1 Å². The summed E-state index contributed by atoms with van der Waals surface area (Å²) in [4.78, 5) is 27.0. The molecule has 0 aliphatic heterocycles. The molecule has 2 atom stereocenters. The summed E-state index contributed by atoms with van der Waals surface area (Å²) < 4.78 is 1.94. The van der Waals surface area contributed by atoms with E-state index in [4.69, 9.17) is 0 Å². The van der Waals surface area contributed by atoms with E-state index in [9.17, 15) is 14.7 Å². The fraction of sp³-hybridized carbons (Fsp3) is 0.643. The fourth-order valence-electron chi connectivity index (χ4n) is 2.75. The lowest BCUT2D eigenvalue weighted by molar-refractivity contribution is -0.314. The van der Waals surface area contributed by atoms with Gasteiger partial charge in [0.15, 0.2) is 0 Å². The van der Waals surface area contributed by atoms with Crippen molar-refractivity contribution in [2.75, 3.05) is 6.54 Å². The predicted molar refractivity (Wildman–Crippen MR) is 70.3 cm³/mol.